The van der Waals surface area contributed by atoms with Gasteiger partial charge in [-0.3, -0.25) is 0 Å². The average molecular weight is 749 g/mol. The molecule has 1 aliphatic heterocycles. The molecule has 0 aliphatic carbocycles. The topological polar surface area (TPSA) is 29.5 Å². The molecule has 0 fully saturated rings. The third kappa shape index (κ3) is 20.3. The minimum Gasteiger partial charge on any atom is -0.508 e. The second-order valence-electron chi connectivity index (χ2n) is 17.3. The first-order valence-corrected chi connectivity index (χ1v) is 21.5. The van der Waals surface area contributed by atoms with E-state index in [0.29, 0.717) is 5.75 Å². The first-order valence-electron chi connectivity index (χ1n) is 21.5. The predicted octanol–water partition coefficient (Wildman–Crippen LogP) is 17.0. The lowest BCUT2D eigenvalue weighted by Gasteiger charge is -2.33. The van der Waals surface area contributed by atoms with Crippen molar-refractivity contribution in [3.63, 3.8) is 0 Å². The van der Waals surface area contributed by atoms with Crippen LogP contribution in [-0.4, -0.2) is 10.7 Å². The Kier molecular flexibility index (Phi) is 22.2. The second-order valence-corrected chi connectivity index (χ2v) is 17.3. The van der Waals surface area contributed by atoms with Crippen molar-refractivity contribution in [2.75, 3.05) is 0 Å². The van der Waals surface area contributed by atoms with E-state index in [1.54, 1.807) is 0 Å². The fraction of sp³-hybridized carbons (Fsp3) is 0.547. The van der Waals surface area contributed by atoms with Gasteiger partial charge < -0.3 is 9.84 Å². The molecule has 0 aromatic heterocycles. The van der Waals surface area contributed by atoms with Crippen molar-refractivity contribution in [2.24, 2.45) is 0 Å². The number of rotatable bonds is 24. The molecule has 0 spiro atoms. The van der Waals surface area contributed by atoms with E-state index in [4.69, 9.17) is 4.74 Å². The predicted molar refractivity (Wildman–Crippen MR) is 245 cm³/mol. The minimum atomic E-state index is -0.327. The number of allylic oxidation sites excluding steroid dienone is 16. The Balaban J connectivity index is 1.60. The number of benzene rings is 1. The summed E-state index contributed by atoms with van der Waals surface area (Å²) in [5, 5.41) is 10.2. The summed E-state index contributed by atoms with van der Waals surface area (Å²) in [7, 11) is 0. The van der Waals surface area contributed by atoms with Gasteiger partial charge >= 0.3 is 0 Å². The number of hydrogen-bond donors (Lipinski definition) is 1. The quantitative estimate of drug-likeness (QED) is 0.107. The van der Waals surface area contributed by atoms with Gasteiger partial charge in [0.05, 0.1) is 0 Å². The molecule has 304 valence electrons. The van der Waals surface area contributed by atoms with Gasteiger partial charge in [-0.05, 0) is 209 Å². The van der Waals surface area contributed by atoms with Gasteiger partial charge in [0.2, 0.25) is 0 Å². The van der Waals surface area contributed by atoms with Crippen molar-refractivity contribution in [2.45, 2.75) is 191 Å². The van der Waals surface area contributed by atoms with Crippen molar-refractivity contribution in [1.29, 1.82) is 0 Å². The fourth-order valence-corrected chi connectivity index (χ4v) is 7.01. The molecule has 1 aromatic rings. The van der Waals surface area contributed by atoms with Crippen LogP contribution in [0.3, 0.4) is 0 Å². The molecule has 1 aromatic carbocycles. The first kappa shape index (κ1) is 47.6. The summed E-state index contributed by atoms with van der Waals surface area (Å²) >= 11 is 0. The molecular formula is C53H80O2. The van der Waals surface area contributed by atoms with Gasteiger partial charge in [0, 0.05) is 5.56 Å². The van der Waals surface area contributed by atoms with Gasteiger partial charge in [-0.15, -0.1) is 0 Å². The summed E-state index contributed by atoms with van der Waals surface area (Å²) in [6, 6.07) is 1.81. The van der Waals surface area contributed by atoms with E-state index in [2.05, 4.69) is 130 Å². The summed E-state index contributed by atoms with van der Waals surface area (Å²) in [5.41, 5.74) is 14.5. The van der Waals surface area contributed by atoms with Crippen molar-refractivity contribution in [3.05, 3.63) is 122 Å². The van der Waals surface area contributed by atoms with E-state index in [9.17, 15) is 5.11 Å². The first-order chi connectivity index (χ1) is 26.1. The number of phenolic OH excluding ortho intramolecular Hbond substituents is 1. The minimum absolute atomic E-state index is 0.327. The normalized spacial score (nSPS) is 17.4. The molecule has 2 nitrogen and oxygen atoms in total. The summed E-state index contributed by atoms with van der Waals surface area (Å²) < 4.78 is 6.47. The van der Waals surface area contributed by atoms with Crippen LogP contribution in [0.25, 0.3) is 6.08 Å². The SMILES string of the molecule is CC(C)=CCC/C(C)=C/CC/C(C)=C/CC/C(C)=C/CC/C(C)=C/CC/C(C)=C/CC/C(C)=C/CC/C(C)=C/CCC1(C)C=Cc2cc(O)c(C)c(C)c2O1. The van der Waals surface area contributed by atoms with Gasteiger partial charge in [-0.2, -0.15) is 0 Å². The van der Waals surface area contributed by atoms with Crippen LogP contribution in [0.1, 0.15) is 189 Å². The van der Waals surface area contributed by atoms with Gasteiger partial charge in [-0.1, -0.05) is 99.3 Å². The van der Waals surface area contributed by atoms with E-state index in [1.807, 2.05) is 19.9 Å². The Morgan fingerprint density at radius 1 is 0.509 bits per heavy atom. The Morgan fingerprint density at radius 2 is 0.836 bits per heavy atom. The summed E-state index contributed by atoms with van der Waals surface area (Å²) in [6.45, 7) is 26.5. The van der Waals surface area contributed by atoms with Gasteiger partial charge in [-0.25, -0.2) is 0 Å². The van der Waals surface area contributed by atoms with Crippen LogP contribution in [0.2, 0.25) is 0 Å². The summed E-state index contributed by atoms with van der Waals surface area (Å²) in [6.07, 6.45) is 41.7. The zero-order chi connectivity index (χ0) is 40.8. The maximum atomic E-state index is 10.2. The highest BCUT2D eigenvalue weighted by atomic mass is 16.5. The molecule has 0 bridgehead atoms. The number of hydrogen-bond acceptors (Lipinski definition) is 2. The second kappa shape index (κ2) is 25.6. The number of aromatic hydroxyl groups is 1. The maximum Gasteiger partial charge on any atom is 0.131 e. The molecule has 0 saturated heterocycles. The zero-order valence-electron chi connectivity index (χ0n) is 37.5. The van der Waals surface area contributed by atoms with E-state index in [0.717, 1.165) is 93.1 Å². The lowest BCUT2D eigenvalue weighted by molar-refractivity contribution is 0.127. The van der Waals surface area contributed by atoms with Crippen LogP contribution in [0.5, 0.6) is 11.5 Å². The molecule has 1 atom stereocenters. The fourth-order valence-electron chi connectivity index (χ4n) is 7.01. The summed E-state index contributed by atoms with van der Waals surface area (Å²) in [4.78, 5) is 0. The van der Waals surface area contributed by atoms with Crippen molar-refractivity contribution >= 4 is 6.08 Å². The molecule has 0 saturated carbocycles. The van der Waals surface area contributed by atoms with Crippen LogP contribution >= 0.6 is 0 Å². The molecule has 0 radical (unpaired) electrons. The van der Waals surface area contributed by atoms with Crippen molar-refractivity contribution in [1.82, 2.24) is 0 Å². The Morgan fingerprint density at radius 3 is 1.18 bits per heavy atom. The smallest absolute Gasteiger partial charge is 0.131 e. The molecule has 1 heterocycles. The zero-order valence-corrected chi connectivity index (χ0v) is 37.5. The Labute approximate surface area is 339 Å². The Bertz CT molecular complexity index is 1640. The molecule has 55 heavy (non-hydrogen) atoms. The standard InChI is InChI=1S/C53H80O2/c1-40(2)21-13-22-41(3)23-14-24-42(4)25-15-26-43(5)27-16-28-44(6)29-17-30-45(7)31-18-32-46(8)33-19-34-47(9)35-20-37-53(12)38-36-50-39-51(54)48(10)49(11)52(50)55-53/h21,23,25,27,29,31,33,35-36,38-39,54H,13-20,22,24,26,28,30,32,34,37H2,1-12H3/b41-23+,42-25+,43-27+,44-29+,45-31+,46-33+,47-35+. The molecular weight excluding hydrogens is 669 g/mol. The van der Waals surface area contributed by atoms with Crippen molar-refractivity contribution < 1.29 is 9.84 Å². The van der Waals surface area contributed by atoms with Crippen LogP contribution in [-0.2, 0) is 0 Å². The number of fused-ring (bicyclic) bond motifs is 1. The number of ether oxygens (including phenoxy) is 1. The number of phenols is 1. The van der Waals surface area contributed by atoms with Crippen LogP contribution in [0, 0.1) is 13.8 Å². The van der Waals surface area contributed by atoms with E-state index < -0.39 is 0 Å². The van der Waals surface area contributed by atoms with E-state index in [1.165, 1.54) is 76.7 Å². The van der Waals surface area contributed by atoms with Crippen LogP contribution in [0.15, 0.2) is 105 Å². The molecule has 2 heteroatoms. The lowest BCUT2D eigenvalue weighted by Crippen LogP contribution is -2.32. The highest BCUT2D eigenvalue weighted by Gasteiger charge is 2.28. The van der Waals surface area contributed by atoms with Gasteiger partial charge in [0.25, 0.3) is 0 Å². The van der Waals surface area contributed by atoms with E-state index >= 15 is 0 Å². The molecule has 1 N–H and O–H groups in total. The highest BCUT2D eigenvalue weighted by Crippen LogP contribution is 2.40. The maximum absolute atomic E-state index is 10.2. The van der Waals surface area contributed by atoms with Crippen LogP contribution < -0.4 is 4.74 Å². The molecule has 0 amide bonds. The monoisotopic (exact) mass is 749 g/mol. The third-order valence-corrected chi connectivity index (χ3v) is 11.2. The van der Waals surface area contributed by atoms with Crippen molar-refractivity contribution in [3.8, 4) is 11.5 Å². The highest BCUT2D eigenvalue weighted by molar-refractivity contribution is 5.67. The molecule has 1 unspecified atom stereocenters. The molecule has 1 aliphatic rings. The van der Waals surface area contributed by atoms with Gasteiger partial charge in [0.1, 0.15) is 17.1 Å². The lowest BCUT2D eigenvalue weighted by atomic mass is 9.92. The largest absolute Gasteiger partial charge is 0.508 e. The summed E-state index contributed by atoms with van der Waals surface area (Å²) in [5.74, 6) is 1.24. The third-order valence-electron chi connectivity index (χ3n) is 11.2. The van der Waals surface area contributed by atoms with E-state index in [-0.39, 0.29) is 5.60 Å². The van der Waals surface area contributed by atoms with Crippen LogP contribution in [0.4, 0.5) is 0 Å². The Hall–Kier alpha value is -3.52. The average Bonchev–Trinajstić information content (AvgIpc) is 3.11. The van der Waals surface area contributed by atoms with Gasteiger partial charge in [0.15, 0.2) is 0 Å². The molecule has 2 rings (SSSR count).